The van der Waals surface area contributed by atoms with Crippen molar-refractivity contribution >= 4 is 5.69 Å². The third-order valence-electron chi connectivity index (χ3n) is 3.52. The normalized spacial score (nSPS) is 17.9. The van der Waals surface area contributed by atoms with Gasteiger partial charge in [0.2, 0.25) is 0 Å². The molecule has 0 bridgehead atoms. The second-order valence-corrected chi connectivity index (χ2v) is 5.01. The van der Waals surface area contributed by atoms with Crippen LogP contribution in [0.4, 0.5) is 5.69 Å². The van der Waals surface area contributed by atoms with E-state index in [-0.39, 0.29) is 0 Å². The first-order chi connectivity index (χ1) is 8.65. The minimum Gasteiger partial charge on any atom is -0.492 e. The van der Waals surface area contributed by atoms with Crippen molar-refractivity contribution in [1.29, 1.82) is 0 Å². The van der Waals surface area contributed by atoms with E-state index in [2.05, 4.69) is 16.8 Å². The topological polar surface area (TPSA) is 41.7 Å². The van der Waals surface area contributed by atoms with E-state index in [1.807, 2.05) is 25.1 Å². The van der Waals surface area contributed by atoms with Gasteiger partial charge in [-0.05, 0) is 25.6 Å². The van der Waals surface area contributed by atoms with Crippen molar-refractivity contribution in [3.8, 4) is 5.75 Å². The maximum Gasteiger partial charge on any atom is 0.121 e. The second kappa shape index (κ2) is 6.07. The van der Waals surface area contributed by atoms with Crippen LogP contribution >= 0.6 is 0 Å². The van der Waals surface area contributed by atoms with Crippen molar-refractivity contribution in [2.45, 2.75) is 6.92 Å². The minimum atomic E-state index is 0.728. The molecular weight excluding hydrogens is 226 g/mol. The van der Waals surface area contributed by atoms with Crippen LogP contribution in [0.15, 0.2) is 18.2 Å². The molecule has 1 saturated heterocycles. The summed E-state index contributed by atoms with van der Waals surface area (Å²) in [5, 5.41) is 0. The zero-order valence-electron chi connectivity index (χ0n) is 11.4. The Hall–Kier alpha value is -1.26. The van der Waals surface area contributed by atoms with Crippen LogP contribution in [0, 0.1) is 6.92 Å². The van der Waals surface area contributed by atoms with Crippen molar-refractivity contribution in [3.63, 3.8) is 0 Å². The van der Waals surface area contributed by atoms with Gasteiger partial charge >= 0.3 is 0 Å². The fourth-order valence-electron chi connectivity index (χ4n) is 2.07. The summed E-state index contributed by atoms with van der Waals surface area (Å²) < 4.78 is 5.74. The van der Waals surface area contributed by atoms with Crippen molar-refractivity contribution in [1.82, 2.24) is 9.80 Å². The lowest BCUT2D eigenvalue weighted by Gasteiger charge is -2.32. The van der Waals surface area contributed by atoms with Crippen molar-refractivity contribution in [2.24, 2.45) is 0 Å². The number of nitrogens with zero attached hydrogens (tertiary/aromatic N) is 2. The predicted octanol–water partition coefficient (Wildman–Crippen LogP) is 1.20. The van der Waals surface area contributed by atoms with Crippen molar-refractivity contribution in [2.75, 3.05) is 52.1 Å². The number of benzene rings is 1. The molecule has 1 heterocycles. The zero-order valence-corrected chi connectivity index (χ0v) is 11.4. The molecule has 18 heavy (non-hydrogen) atoms. The van der Waals surface area contributed by atoms with Crippen LogP contribution < -0.4 is 10.5 Å². The number of nitrogen functional groups attached to an aromatic ring is 1. The molecule has 0 unspecified atom stereocenters. The maximum atomic E-state index is 5.85. The molecule has 100 valence electrons. The monoisotopic (exact) mass is 249 g/mol. The smallest absolute Gasteiger partial charge is 0.121 e. The van der Waals surface area contributed by atoms with Crippen LogP contribution in [0.3, 0.4) is 0 Å². The Morgan fingerprint density at radius 1 is 1.22 bits per heavy atom. The first kappa shape index (κ1) is 13.2. The largest absolute Gasteiger partial charge is 0.492 e. The summed E-state index contributed by atoms with van der Waals surface area (Å²) in [7, 11) is 2.17. The molecule has 2 rings (SSSR count). The Bertz CT molecular complexity index is 387. The zero-order chi connectivity index (χ0) is 13.0. The van der Waals surface area contributed by atoms with Gasteiger partial charge < -0.3 is 15.4 Å². The van der Waals surface area contributed by atoms with Crippen molar-refractivity contribution < 1.29 is 4.74 Å². The summed E-state index contributed by atoms with van der Waals surface area (Å²) in [6, 6.07) is 5.88. The highest BCUT2D eigenvalue weighted by Gasteiger charge is 2.13. The van der Waals surface area contributed by atoms with Gasteiger partial charge in [-0.15, -0.1) is 0 Å². The SMILES string of the molecule is Cc1ccc(OCCN2CCN(C)CC2)cc1N. The molecule has 1 aromatic carbocycles. The molecule has 1 aromatic rings. The predicted molar refractivity (Wildman–Crippen MR) is 75.0 cm³/mol. The van der Waals surface area contributed by atoms with Gasteiger partial charge in [-0.1, -0.05) is 6.07 Å². The Labute approximate surface area is 109 Å². The number of nitrogens with two attached hydrogens (primary N) is 1. The van der Waals surface area contributed by atoms with E-state index in [0.29, 0.717) is 0 Å². The lowest BCUT2D eigenvalue weighted by molar-refractivity contribution is 0.134. The van der Waals surface area contributed by atoms with Gasteiger partial charge in [0.1, 0.15) is 12.4 Å². The summed E-state index contributed by atoms with van der Waals surface area (Å²) in [5.74, 6) is 0.868. The van der Waals surface area contributed by atoms with Crippen LogP contribution in [0.1, 0.15) is 5.56 Å². The molecule has 4 nitrogen and oxygen atoms in total. The molecule has 4 heteroatoms. The van der Waals surface area contributed by atoms with Gasteiger partial charge in [-0.25, -0.2) is 0 Å². The van der Waals surface area contributed by atoms with Crippen LogP contribution in [0.25, 0.3) is 0 Å². The van der Waals surface area contributed by atoms with Gasteiger partial charge in [0.05, 0.1) is 0 Å². The Morgan fingerprint density at radius 3 is 2.61 bits per heavy atom. The Balaban J connectivity index is 1.73. The third kappa shape index (κ3) is 3.62. The average molecular weight is 249 g/mol. The quantitative estimate of drug-likeness (QED) is 0.814. The average Bonchev–Trinajstić information content (AvgIpc) is 2.36. The van der Waals surface area contributed by atoms with Gasteiger partial charge in [-0.2, -0.15) is 0 Å². The number of aryl methyl sites for hydroxylation is 1. The third-order valence-corrected chi connectivity index (χ3v) is 3.52. The molecular formula is C14H23N3O. The van der Waals surface area contributed by atoms with E-state index < -0.39 is 0 Å². The molecule has 0 amide bonds. The highest BCUT2D eigenvalue weighted by molar-refractivity contribution is 5.50. The lowest BCUT2D eigenvalue weighted by atomic mass is 10.2. The molecule has 0 aliphatic carbocycles. The first-order valence-electron chi connectivity index (χ1n) is 6.55. The lowest BCUT2D eigenvalue weighted by Crippen LogP contribution is -2.45. The molecule has 1 aliphatic rings. The maximum absolute atomic E-state index is 5.85. The fraction of sp³-hybridized carbons (Fsp3) is 0.571. The molecule has 2 N–H and O–H groups in total. The number of rotatable bonds is 4. The molecule has 0 atom stereocenters. The summed E-state index contributed by atoms with van der Waals surface area (Å²) in [4.78, 5) is 4.80. The van der Waals surface area contributed by atoms with E-state index in [4.69, 9.17) is 10.5 Å². The van der Waals surface area contributed by atoms with Crippen LogP contribution in [-0.4, -0.2) is 56.2 Å². The highest BCUT2D eigenvalue weighted by atomic mass is 16.5. The summed E-state index contributed by atoms with van der Waals surface area (Å²) >= 11 is 0. The van der Waals surface area contributed by atoms with E-state index in [0.717, 1.165) is 56.3 Å². The molecule has 1 fully saturated rings. The molecule has 1 aliphatic heterocycles. The number of hydrogen-bond donors (Lipinski definition) is 1. The van der Waals surface area contributed by atoms with Crippen LogP contribution in [0.2, 0.25) is 0 Å². The van der Waals surface area contributed by atoms with Gasteiger partial charge in [-0.3, -0.25) is 4.90 Å². The number of likely N-dealkylation sites (N-methyl/N-ethyl adjacent to an activating group) is 1. The van der Waals surface area contributed by atoms with Gasteiger partial charge in [0.25, 0.3) is 0 Å². The Morgan fingerprint density at radius 2 is 1.94 bits per heavy atom. The molecule has 0 radical (unpaired) electrons. The summed E-state index contributed by atoms with van der Waals surface area (Å²) in [6.45, 7) is 8.29. The number of hydrogen-bond acceptors (Lipinski definition) is 4. The number of anilines is 1. The minimum absolute atomic E-state index is 0.728. The number of ether oxygens (including phenoxy) is 1. The van der Waals surface area contributed by atoms with Crippen LogP contribution in [0.5, 0.6) is 5.75 Å². The van der Waals surface area contributed by atoms with Gasteiger partial charge in [0, 0.05) is 44.5 Å². The molecule has 0 spiro atoms. The van der Waals surface area contributed by atoms with E-state index in [1.54, 1.807) is 0 Å². The van der Waals surface area contributed by atoms with E-state index >= 15 is 0 Å². The van der Waals surface area contributed by atoms with Gasteiger partial charge in [0.15, 0.2) is 0 Å². The molecule has 0 aromatic heterocycles. The number of piperazine rings is 1. The van der Waals surface area contributed by atoms with Crippen molar-refractivity contribution in [3.05, 3.63) is 23.8 Å². The van der Waals surface area contributed by atoms with E-state index in [9.17, 15) is 0 Å². The fourth-order valence-corrected chi connectivity index (χ4v) is 2.07. The first-order valence-corrected chi connectivity index (χ1v) is 6.55. The highest BCUT2D eigenvalue weighted by Crippen LogP contribution is 2.18. The van der Waals surface area contributed by atoms with Crippen LogP contribution in [-0.2, 0) is 0 Å². The standard InChI is InChI=1S/C14H23N3O/c1-12-3-4-13(11-14(12)15)18-10-9-17-7-5-16(2)6-8-17/h3-4,11H,5-10,15H2,1-2H3. The Kier molecular flexibility index (Phi) is 4.44. The summed E-state index contributed by atoms with van der Waals surface area (Å²) in [6.07, 6.45) is 0. The van der Waals surface area contributed by atoms with E-state index in [1.165, 1.54) is 0 Å². The second-order valence-electron chi connectivity index (χ2n) is 5.01. The summed E-state index contributed by atoms with van der Waals surface area (Å²) in [5.41, 5.74) is 7.75. The molecule has 0 saturated carbocycles.